The van der Waals surface area contributed by atoms with Crippen LogP contribution in [-0.4, -0.2) is 28.3 Å². The largest absolute Gasteiger partial charge is 0.492 e. The zero-order valence-corrected chi connectivity index (χ0v) is 10.9. The molecule has 0 aliphatic carbocycles. The molecule has 0 bridgehead atoms. The molecule has 0 aliphatic heterocycles. The molecule has 3 aromatic rings. The predicted molar refractivity (Wildman–Crippen MR) is 77.9 cm³/mol. The lowest BCUT2D eigenvalue weighted by atomic mass is 10.1. The summed E-state index contributed by atoms with van der Waals surface area (Å²) in [6.07, 6.45) is 0. The highest BCUT2D eigenvalue weighted by atomic mass is 16.5. The number of benzene rings is 1. The number of nitrogens with two attached hydrogens (primary N) is 1. The summed E-state index contributed by atoms with van der Waals surface area (Å²) in [6.45, 7) is 0.665. The van der Waals surface area contributed by atoms with Gasteiger partial charge >= 0.3 is 0 Å². The molecule has 1 aromatic carbocycles. The molecule has 2 heterocycles. The van der Waals surface area contributed by atoms with Crippen LogP contribution < -0.4 is 27.0 Å². The lowest BCUT2D eigenvalue weighted by molar-refractivity contribution is 0.329. The number of hydrogen-bond acceptors (Lipinski definition) is 5. The Labute approximate surface area is 116 Å². The summed E-state index contributed by atoms with van der Waals surface area (Å²) in [5.41, 5.74) is 4.01. The minimum absolute atomic E-state index is 0.0492. The monoisotopic (exact) mass is 288 g/mol. The number of H-pyrrole nitrogens is 3. The Morgan fingerprint density at radius 1 is 1.10 bits per heavy atom. The van der Waals surface area contributed by atoms with Gasteiger partial charge in [-0.2, -0.15) is 0 Å². The third kappa shape index (κ3) is 2.11. The molecule has 0 spiro atoms. The van der Waals surface area contributed by atoms with Gasteiger partial charge in [0.1, 0.15) is 23.3 Å². The lowest BCUT2D eigenvalue weighted by Gasteiger charge is -2.06. The molecule has 0 radical (unpaired) electrons. The van der Waals surface area contributed by atoms with E-state index in [1.54, 1.807) is 12.1 Å². The predicted octanol–water partition coefficient (Wildman–Crippen LogP) is -0.605. The van der Waals surface area contributed by atoms with E-state index in [-0.39, 0.29) is 16.3 Å². The van der Waals surface area contributed by atoms with Crippen molar-refractivity contribution in [3.8, 4) is 5.75 Å². The van der Waals surface area contributed by atoms with Crippen molar-refractivity contribution in [2.75, 3.05) is 13.2 Å². The van der Waals surface area contributed by atoms with Gasteiger partial charge in [0.05, 0.1) is 5.52 Å². The van der Waals surface area contributed by atoms with Gasteiger partial charge in [0.25, 0.3) is 11.1 Å². The summed E-state index contributed by atoms with van der Waals surface area (Å²) in [5.74, 6) is 0.471. The summed E-state index contributed by atoms with van der Waals surface area (Å²) >= 11 is 0. The van der Waals surface area contributed by atoms with E-state index >= 15 is 0 Å². The van der Waals surface area contributed by atoms with Crippen molar-refractivity contribution >= 4 is 21.8 Å². The first kappa shape index (κ1) is 13.1. The van der Waals surface area contributed by atoms with Gasteiger partial charge < -0.3 is 15.5 Å². The molecular formula is C13H12N4O4. The smallest absolute Gasteiger partial charge is 0.287 e. The van der Waals surface area contributed by atoms with Crippen LogP contribution in [0.4, 0.5) is 0 Å². The Hall–Kier alpha value is -2.87. The fourth-order valence-electron chi connectivity index (χ4n) is 2.16. The van der Waals surface area contributed by atoms with Crippen LogP contribution in [-0.2, 0) is 0 Å². The Morgan fingerprint density at radius 3 is 2.62 bits per heavy atom. The van der Waals surface area contributed by atoms with Gasteiger partial charge in [-0.1, -0.05) is 0 Å². The number of ether oxygens (including phenoxy) is 1. The number of aromatic amines is 3. The van der Waals surface area contributed by atoms with E-state index in [9.17, 15) is 14.4 Å². The van der Waals surface area contributed by atoms with Crippen LogP contribution in [0, 0.1) is 0 Å². The van der Waals surface area contributed by atoms with Crippen LogP contribution in [0.15, 0.2) is 32.6 Å². The molecule has 8 heteroatoms. The Kier molecular flexibility index (Phi) is 3.07. The molecule has 0 fully saturated rings. The van der Waals surface area contributed by atoms with E-state index < -0.39 is 16.5 Å². The summed E-state index contributed by atoms with van der Waals surface area (Å²) in [4.78, 5) is 38.7. The van der Waals surface area contributed by atoms with E-state index in [1.165, 1.54) is 6.07 Å². The van der Waals surface area contributed by atoms with Gasteiger partial charge in [-0.05, 0) is 18.2 Å². The summed E-state index contributed by atoms with van der Waals surface area (Å²) in [7, 11) is 0. The summed E-state index contributed by atoms with van der Waals surface area (Å²) < 4.78 is 5.35. The maximum absolute atomic E-state index is 12.4. The molecule has 108 valence electrons. The van der Waals surface area contributed by atoms with Crippen molar-refractivity contribution in [2.24, 2.45) is 5.73 Å². The molecule has 0 atom stereocenters. The Balaban J connectivity index is 2.38. The van der Waals surface area contributed by atoms with Crippen LogP contribution in [0.5, 0.6) is 5.75 Å². The van der Waals surface area contributed by atoms with E-state index in [2.05, 4.69) is 15.2 Å². The molecule has 0 aliphatic rings. The standard InChI is InChI=1S/C13H12N4O4/c14-3-4-21-6-1-2-8-7(5-6)11(18)9-10(15-8)13(20)17-16-12(9)19/h1-2,5H,3-4,14H2,(H,15,18)(H,16,19)(H,17,20). The second kappa shape index (κ2) is 4.91. The normalized spacial score (nSPS) is 11.1. The SMILES string of the molecule is NCCOc1ccc2[nH]c3c(=O)[nH][nH]c(=O)c3c(=O)c2c1. The van der Waals surface area contributed by atoms with Gasteiger partial charge in [0.15, 0.2) is 0 Å². The number of aromatic nitrogens is 3. The van der Waals surface area contributed by atoms with Crippen molar-refractivity contribution in [1.82, 2.24) is 15.2 Å². The molecule has 3 rings (SSSR count). The second-order valence-electron chi connectivity index (χ2n) is 4.46. The van der Waals surface area contributed by atoms with Crippen LogP contribution in [0.3, 0.4) is 0 Å². The number of fused-ring (bicyclic) bond motifs is 2. The van der Waals surface area contributed by atoms with Gasteiger partial charge in [-0.25, -0.2) is 0 Å². The molecule has 0 saturated carbocycles. The first-order valence-electron chi connectivity index (χ1n) is 6.25. The van der Waals surface area contributed by atoms with Crippen LogP contribution in [0.2, 0.25) is 0 Å². The van der Waals surface area contributed by atoms with Crippen LogP contribution in [0.25, 0.3) is 21.8 Å². The zero-order valence-electron chi connectivity index (χ0n) is 10.9. The Bertz CT molecular complexity index is 999. The Morgan fingerprint density at radius 2 is 1.86 bits per heavy atom. The molecule has 8 nitrogen and oxygen atoms in total. The number of pyridine rings is 1. The number of rotatable bonds is 3. The third-order valence-corrected chi connectivity index (χ3v) is 3.10. The first-order valence-corrected chi connectivity index (χ1v) is 6.25. The lowest BCUT2D eigenvalue weighted by Crippen LogP contribution is -2.25. The van der Waals surface area contributed by atoms with Crippen molar-refractivity contribution in [3.05, 3.63) is 49.1 Å². The summed E-state index contributed by atoms with van der Waals surface area (Å²) in [5, 5.41) is 4.37. The minimum atomic E-state index is -0.652. The fraction of sp³-hybridized carbons (Fsp3) is 0.154. The van der Waals surface area contributed by atoms with Crippen LogP contribution >= 0.6 is 0 Å². The van der Waals surface area contributed by atoms with Gasteiger partial charge in [-0.3, -0.25) is 24.6 Å². The quantitative estimate of drug-likeness (QED) is 0.477. The van der Waals surface area contributed by atoms with Crippen molar-refractivity contribution in [1.29, 1.82) is 0 Å². The molecule has 0 unspecified atom stereocenters. The summed E-state index contributed by atoms with van der Waals surface area (Å²) in [6, 6.07) is 4.79. The molecule has 21 heavy (non-hydrogen) atoms. The molecule has 2 aromatic heterocycles. The highest BCUT2D eigenvalue weighted by molar-refractivity contribution is 5.92. The van der Waals surface area contributed by atoms with E-state index in [0.717, 1.165) is 0 Å². The second-order valence-corrected chi connectivity index (χ2v) is 4.46. The van der Waals surface area contributed by atoms with Crippen molar-refractivity contribution in [2.45, 2.75) is 0 Å². The number of nitrogens with one attached hydrogen (secondary N) is 3. The topological polar surface area (TPSA) is 134 Å². The number of hydrogen-bond donors (Lipinski definition) is 4. The van der Waals surface area contributed by atoms with Gasteiger partial charge in [0, 0.05) is 11.9 Å². The maximum atomic E-state index is 12.4. The zero-order chi connectivity index (χ0) is 15.0. The highest BCUT2D eigenvalue weighted by Gasteiger charge is 2.12. The minimum Gasteiger partial charge on any atom is -0.492 e. The van der Waals surface area contributed by atoms with Gasteiger partial charge in [0.2, 0.25) is 5.43 Å². The molecular weight excluding hydrogens is 276 g/mol. The van der Waals surface area contributed by atoms with Crippen molar-refractivity contribution in [3.63, 3.8) is 0 Å². The highest BCUT2D eigenvalue weighted by Crippen LogP contribution is 2.17. The molecule has 5 N–H and O–H groups in total. The van der Waals surface area contributed by atoms with Crippen molar-refractivity contribution < 1.29 is 4.74 Å². The van der Waals surface area contributed by atoms with E-state index in [0.29, 0.717) is 24.4 Å². The maximum Gasteiger partial charge on any atom is 0.287 e. The van der Waals surface area contributed by atoms with E-state index in [1.807, 2.05) is 0 Å². The average molecular weight is 288 g/mol. The molecule has 0 amide bonds. The van der Waals surface area contributed by atoms with E-state index in [4.69, 9.17) is 10.5 Å². The third-order valence-electron chi connectivity index (χ3n) is 3.10. The van der Waals surface area contributed by atoms with Gasteiger partial charge in [-0.15, -0.1) is 0 Å². The molecule has 0 saturated heterocycles. The van der Waals surface area contributed by atoms with Crippen LogP contribution in [0.1, 0.15) is 0 Å². The fourth-order valence-corrected chi connectivity index (χ4v) is 2.16. The first-order chi connectivity index (χ1) is 10.1. The average Bonchev–Trinajstić information content (AvgIpc) is 2.49.